The lowest BCUT2D eigenvalue weighted by molar-refractivity contribution is 0.0600. The summed E-state index contributed by atoms with van der Waals surface area (Å²) in [6.45, 7) is 1.78. The number of esters is 1. The molecule has 0 atom stereocenters. The standard InChI is InChI=1S/C20H18N2O4/c1-12-17(10-13-7-8-16(25-2)11-18(13)21-12)19(23)22-15-6-4-5-14(9-15)20(24)26-3/h4-11H,1-3H3,(H,22,23). The van der Waals surface area contributed by atoms with Gasteiger partial charge in [-0.3, -0.25) is 9.78 Å². The number of anilines is 1. The van der Waals surface area contributed by atoms with Crippen LogP contribution in [0.3, 0.4) is 0 Å². The van der Waals surface area contributed by atoms with Crippen LogP contribution in [0.15, 0.2) is 48.5 Å². The Kier molecular flexibility index (Phi) is 4.84. The van der Waals surface area contributed by atoms with Gasteiger partial charge in [0.15, 0.2) is 0 Å². The first kappa shape index (κ1) is 17.4. The minimum atomic E-state index is -0.460. The van der Waals surface area contributed by atoms with Gasteiger partial charge >= 0.3 is 5.97 Å². The van der Waals surface area contributed by atoms with Crippen molar-refractivity contribution in [2.45, 2.75) is 6.92 Å². The zero-order chi connectivity index (χ0) is 18.7. The highest BCUT2D eigenvalue weighted by atomic mass is 16.5. The minimum absolute atomic E-state index is 0.297. The van der Waals surface area contributed by atoms with Gasteiger partial charge in [0.1, 0.15) is 5.75 Å². The van der Waals surface area contributed by atoms with E-state index in [1.165, 1.54) is 7.11 Å². The van der Waals surface area contributed by atoms with Crippen LogP contribution >= 0.6 is 0 Å². The number of amides is 1. The molecular weight excluding hydrogens is 332 g/mol. The van der Waals surface area contributed by atoms with Gasteiger partial charge in [-0.25, -0.2) is 4.79 Å². The van der Waals surface area contributed by atoms with Gasteiger partial charge in [-0.2, -0.15) is 0 Å². The Morgan fingerprint density at radius 3 is 2.58 bits per heavy atom. The van der Waals surface area contributed by atoms with E-state index in [2.05, 4.69) is 10.3 Å². The number of methoxy groups -OCH3 is 2. The van der Waals surface area contributed by atoms with Crippen LogP contribution in [0, 0.1) is 6.92 Å². The van der Waals surface area contributed by atoms with Crippen LogP contribution in [0.4, 0.5) is 5.69 Å². The molecule has 1 N–H and O–H groups in total. The number of nitrogens with zero attached hydrogens (tertiary/aromatic N) is 1. The topological polar surface area (TPSA) is 77.5 Å². The molecule has 1 heterocycles. The zero-order valence-electron chi connectivity index (χ0n) is 14.7. The maximum atomic E-state index is 12.7. The van der Waals surface area contributed by atoms with Crippen molar-refractivity contribution in [3.8, 4) is 5.75 Å². The predicted molar refractivity (Wildman–Crippen MR) is 98.8 cm³/mol. The highest BCUT2D eigenvalue weighted by Crippen LogP contribution is 2.22. The number of carbonyl (C=O) groups is 2. The molecule has 0 saturated heterocycles. The Morgan fingerprint density at radius 2 is 1.85 bits per heavy atom. The van der Waals surface area contributed by atoms with Crippen molar-refractivity contribution in [1.29, 1.82) is 0 Å². The Bertz CT molecular complexity index is 998. The van der Waals surface area contributed by atoms with Crippen LogP contribution in [-0.4, -0.2) is 31.1 Å². The molecule has 0 bridgehead atoms. The van der Waals surface area contributed by atoms with Crippen LogP contribution in [0.25, 0.3) is 10.9 Å². The molecule has 0 unspecified atom stereocenters. The summed E-state index contributed by atoms with van der Waals surface area (Å²) < 4.78 is 9.90. The average molecular weight is 350 g/mol. The Balaban J connectivity index is 1.90. The van der Waals surface area contributed by atoms with E-state index in [0.29, 0.717) is 28.3 Å². The molecule has 6 nitrogen and oxygen atoms in total. The Labute approximate surface area is 150 Å². The molecule has 0 aliphatic carbocycles. The maximum absolute atomic E-state index is 12.7. The van der Waals surface area contributed by atoms with Gasteiger partial charge in [0, 0.05) is 17.1 Å². The molecule has 6 heteroatoms. The van der Waals surface area contributed by atoms with E-state index in [1.807, 2.05) is 18.2 Å². The van der Waals surface area contributed by atoms with E-state index in [1.54, 1.807) is 44.4 Å². The molecule has 0 fully saturated rings. The summed E-state index contributed by atoms with van der Waals surface area (Å²) >= 11 is 0. The number of hydrogen-bond acceptors (Lipinski definition) is 5. The second kappa shape index (κ2) is 7.23. The van der Waals surface area contributed by atoms with Crippen molar-refractivity contribution in [1.82, 2.24) is 4.98 Å². The minimum Gasteiger partial charge on any atom is -0.497 e. The van der Waals surface area contributed by atoms with Crippen LogP contribution in [-0.2, 0) is 4.74 Å². The lowest BCUT2D eigenvalue weighted by Gasteiger charge is -2.10. The largest absolute Gasteiger partial charge is 0.497 e. The zero-order valence-corrected chi connectivity index (χ0v) is 14.7. The molecule has 132 valence electrons. The van der Waals surface area contributed by atoms with E-state index in [4.69, 9.17) is 9.47 Å². The van der Waals surface area contributed by atoms with Crippen molar-refractivity contribution in [3.05, 3.63) is 65.4 Å². The molecule has 1 aromatic heterocycles. The van der Waals surface area contributed by atoms with Crippen molar-refractivity contribution < 1.29 is 19.1 Å². The van der Waals surface area contributed by atoms with E-state index in [0.717, 1.165) is 10.9 Å². The number of benzene rings is 2. The first-order valence-electron chi connectivity index (χ1n) is 7.97. The first-order chi connectivity index (χ1) is 12.5. The molecule has 0 radical (unpaired) electrons. The second-order valence-corrected chi connectivity index (χ2v) is 5.71. The third-order valence-corrected chi connectivity index (χ3v) is 4.00. The van der Waals surface area contributed by atoms with Crippen LogP contribution in [0.5, 0.6) is 5.75 Å². The molecule has 0 spiro atoms. The van der Waals surface area contributed by atoms with E-state index >= 15 is 0 Å². The van der Waals surface area contributed by atoms with Gasteiger partial charge in [0.25, 0.3) is 5.91 Å². The van der Waals surface area contributed by atoms with E-state index in [9.17, 15) is 9.59 Å². The Hall–Kier alpha value is -3.41. The summed E-state index contributed by atoms with van der Waals surface area (Å²) in [5.74, 6) is -0.0467. The van der Waals surface area contributed by atoms with Gasteiger partial charge in [-0.05, 0) is 43.3 Å². The smallest absolute Gasteiger partial charge is 0.337 e. The molecular formula is C20H18N2O4. The van der Waals surface area contributed by atoms with Gasteiger partial charge in [0.05, 0.1) is 36.6 Å². The number of nitrogens with one attached hydrogen (secondary N) is 1. The first-order valence-corrected chi connectivity index (χ1v) is 7.97. The number of fused-ring (bicyclic) bond motifs is 1. The van der Waals surface area contributed by atoms with Crippen LogP contribution in [0.1, 0.15) is 26.4 Å². The van der Waals surface area contributed by atoms with Crippen LogP contribution < -0.4 is 10.1 Å². The third kappa shape index (κ3) is 3.49. The van der Waals surface area contributed by atoms with Crippen LogP contribution in [0.2, 0.25) is 0 Å². The fourth-order valence-electron chi connectivity index (χ4n) is 2.64. The lowest BCUT2D eigenvalue weighted by Crippen LogP contribution is -2.14. The summed E-state index contributed by atoms with van der Waals surface area (Å²) in [4.78, 5) is 28.8. The summed E-state index contributed by atoms with van der Waals surface area (Å²) in [7, 11) is 2.91. The van der Waals surface area contributed by atoms with Crippen molar-refractivity contribution in [2.75, 3.05) is 19.5 Å². The predicted octanol–water partition coefficient (Wildman–Crippen LogP) is 3.59. The number of hydrogen-bond donors (Lipinski definition) is 1. The molecule has 2 aromatic carbocycles. The summed E-state index contributed by atoms with van der Waals surface area (Å²) in [5, 5.41) is 3.63. The highest BCUT2D eigenvalue weighted by molar-refractivity contribution is 6.07. The maximum Gasteiger partial charge on any atom is 0.337 e. The molecule has 3 aromatic rings. The van der Waals surface area contributed by atoms with E-state index < -0.39 is 5.97 Å². The molecule has 1 amide bonds. The molecule has 0 saturated carbocycles. The number of aryl methyl sites for hydroxylation is 1. The average Bonchev–Trinajstić information content (AvgIpc) is 2.66. The Morgan fingerprint density at radius 1 is 1.04 bits per heavy atom. The van der Waals surface area contributed by atoms with Gasteiger partial charge < -0.3 is 14.8 Å². The van der Waals surface area contributed by atoms with Gasteiger partial charge in [-0.15, -0.1) is 0 Å². The molecule has 0 aliphatic heterocycles. The SMILES string of the molecule is COC(=O)c1cccc(NC(=O)c2cc3ccc(OC)cc3nc2C)c1. The van der Waals surface area contributed by atoms with Crippen molar-refractivity contribution >= 4 is 28.5 Å². The number of aromatic nitrogens is 1. The summed E-state index contributed by atoms with van der Waals surface area (Å²) in [6, 6.07) is 13.9. The fraction of sp³-hybridized carbons (Fsp3) is 0.150. The van der Waals surface area contributed by atoms with Crippen molar-refractivity contribution in [3.63, 3.8) is 0 Å². The lowest BCUT2D eigenvalue weighted by atomic mass is 10.1. The van der Waals surface area contributed by atoms with E-state index in [-0.39, 0.29) is 5.91 Å². The number of carbonyl (C=O) groups excluding carboxylic acids is 2. The quantitative estimate of drug-likeness (QED) is 0.728. The van der Waals surface area contributed by atoms with Gasteiger partial charge in [-0.1, -0.05) is 6.07 Å². The molecule has 0 aliphatic rings. The fourth-order valence-corrected chi connectivity index (χ4v) is 2.64. The number of rotatable bonds is 4. The number of pyridine rings is 1. The molecule has 26 heavy (non-hydrogen) atoms. The monoisotopic (exact) mass is 350 g/mol. The van der Waals surface area contributed by atoms with Crippen molar-refractivity contribution in [2.24, 2.45) is 0 Å². The second-order valence-electron chi connectivity index (χ2n) is 5.71. The normalized spacial score (nSPS) is 10.4. The van der Waals surface area contributed by atoms with Gasteiger partial charge in [0.2, 0.25) is 0 Å². The third-order valence-electron chi connectivity index (χ3n) is 4.00. The summed E-state index contributed by atoms with van der Waals surface area (Å²) in [6.07, 6.45) is 0. The highest BCUT2D eigenvalue weighted by Gasteiger charge is 2.14. The molecule has 3 rings (SSSR count). The number of ether oxygens (including phenoxy) is 2. The summed E-state index contributed by atoms with van der Waals surface area (Å²) in [5.41, 5.74) is 2.70.